The van der Waals surface area contributed by atoms with Crippen LogP contribution in [0.3, 0.4) is 0 Å². The molecule has 2 heteroatoms. The van der Waals surface area contributed by atoms with Crippen LogP contribution in [0.5, 0.6) is 0 Å². The standard InChI is InChI=1S/C8H20P2/c1-7(2,3)10(9)8(4,5)6/h9H2,1-6H3. The molecule has 0 aliphatic rings. The zero-order valence-electron chi connectivity index (χ0n) is 8.02. The summed E-state index contributed by atoms with van der Waals surface area (Å²) in [6.07, 6.45) is 0. The lowest BCUT2D eigenvalue weighted by Gasteiger charge is -2.38. The van der Waals surface area contributed by atoms with Crippen LogP contribution in [0.1, 0.15) is 41.5 Å². The summed E-state index contributed by atoms with van der Waals surface area (Å²) in [5.74, 6) is 0. The fourth-order valence-electron chi connectivity index (χ4n) is 1.01. The first-order valence-electron chi connectivity index (χ1n) is 3.71. The van der Waals surface area contributed by atoms with Crippen molar-refractivity contribution in [2.24, 2.45) is 0 Å². The van der Waals surface area contributed by atoms with Gasteiger partial charge in [0.25, 0.3) is 0 Å². The van der Waals surface area contributed by atoms with Gasteiger partial charge in [0, 0.05) is 0 Å². The predicted molar refractivity (Wildman–Crippen MR) is 56.1 cm³/mol. The van der Waals surface area contributed by atoms with Crippen molar-refractivity contribution in [3.8, 4) is 0 Å². The number of hydrogen-bond acceptors (Lipinski definition) is 0. The van der Waals surface area contributed by atoms with Gasteiger partial charge in [0.2, 0.25) is 0 Å². The maximum atomic E-state index is 3.01. The normalized spacial score (nSPS) is 14.4. The molecular weight excluding hydrogens is 158 g/mol. The zero-order valence-corrected chi connectivity index (χ0v) is 10.1. The smallest absolute Gasteiger partial charge is 0.0141 e. The fraction of sp³-hybridized carbons (Fsp3) is 1.00. The zero-order chi connectivity index (χ0) is 8.58. The van der Waals surface area contributed by atoms with Gasteiger partial charge in [0.1, 0.15) is 0 Å². The van der Waals surface area contributed by atoms with E-state index >= 15 is 0 Å². The summed E-state index contributed by atoms with van der Waals surface area (Å²) in [6, 6.07) is 0. The van der Waals surface area contributed by atoms with Crippen LogP contribution in [0.2, 0.25) is 0 Å². The molecule has 0 N–H and O–H groups in total. The lowest BCUT2D eigenvalue weighted by atomic mass is 10.2. The van der Waals surface area contributed by atoms with Crippen LogP contribution in [-0.4, -0.2) is 10.3 Å². The van der Waals surface area contributed by atoms with Crippen LogP contribution in [0, 0.1) is 0 Å². The molecule has 0 aromatic heterocycles. The van der Waals surface area contributed by atoms with E-state index in [1.54, 1.807) is 0 Å². The molecule has 0 spiro atoms. The van der Waals surface area contributed by atoms with Crippen molar-refractivity contribution in [1.29, 1.82) is 0 Å². The van der Waals surface area contributed by atoms with Gasteiger partial charge in [-0.2, -0.15) is 0 Å². The van der Waals surface area contributed by atoms with Crippen LogP contribution in [0.4, 0.5) is 0 Å². The fourth-order valence-corrected chi connectivity index (χ4v) is 3.02. The van der Waals surface area contributed by atoms with Crippen molar-refractivity contribution >= 4 is 16.5 Å². The first-order valence-corrected chi connectivity index (χ1v) is 6.67. The summed E-state index contributed by atoms with van der Waals surface area (Å²) >= 11 is 0. The Morgan fingerprint density at radius 2 is 1.00 bits per heavy atom. The van der Waals surface area contributed by atoms with Crippen molar-refractivity contribution in [3.63, 3.8) is 0 Å². The lowest BCUT2D eigenvalue weighted by molar-refractivity contribution is 0.720. The molecule has 1 atom stereocenters. The second-order valence-electron chi connectivity index (χ2n) is 4.71. The van der Waals surface area contributed by atoms with Crippen LogP contribution in [-0.2, 0) is 0 Å². The van der Waals surface area contributed by atoms with Crippen molar-refractivity contribution in [1.82, 2.24) is 0 Å². The van der Waals surface area contributed by atoms with E-state index in [2.05, 4.69) is 50.5 Å². The average molecular weight is 178 g/mol. The van der Waals surface area contributed by atoms with E-state index in [-0.39, 0.29) is 7.61 Å². The van der Waals surface area contributed by atoms with E-state index in [0.29, 0.717) is 10.3 Å². The summed E-state index contributed by atoms with van der Waals surface area (Å²) in [6.45, 7) is 13.9. The molecule has 0 aromatic rings. The Morgan fingerprint density at radius 1 is 0.800 bits per heavy atom. The van der Waals surface area contributed by atoms with Crippen LogP contribution in [0.25, 0.3) is 0 Å². The molecule has 0 aliphatic heterocycles. The van der Waals surface area contributed by atoms with E-state index < -0.39 is 0 Å². The summed E-state index contributed by atoms with van der Waals surface area (Å²) in [5, 5.41) is 0.941. The topological polar surface area (TPSA) is 0 Å². The van der Waals surface area contributed by atoms with E-state index in [4.69, 9.17) is 0 Å². The molecule has 0 bridgehead atoms. The molecule has 0 amide bonds. The Labute approximate surface area is 69.0 Å². The third-order valence-electron chi connectivity index (χ3n) is 1.45. The van der Waals surface area contributed by atoms with Gasteiger partial charge in [-0.1, -0.05) is 49.2 Å². The highest BCUT2D eigenvalue weighted by Crippen LogP contribution is 2.64. The monoisotopic (exact) mass is 178 g/mol. The van der Waals surface area contributed by atoms with E-state index in [9.17, 15) is 0 Å². The van der Waals surface area contributed by atoms with E-state index in [1.807, 2.05) is 0 Å². The average Bonchev–Trinajstić information content (AvgIpc) is 1.59. The minimum Gasteiger partial charge on any atom is -0.110 e. The maximum Gasteiger partial charge on any atom is -0.0141 e. The summed E-state index contributed by atoms with van der Waals surface area (Å²) in [4.78, 5) is 0. The van der Waals surface area contributed by atoms with E-state index in [1.165, 1.54) is 0 Å². The predicted octanol–water partition coefficient (Wildman–Crippen LogP) is 3.86. The first-order chi connectivity index (χ1) is 4.15. The summed E-state index contributed by atoms with van der Waals surface area (Å²) < 4.78 is 0. The van der Waals surface area contributed by atoms with Gasteiger partial charge in [-0.3, -0.25) is 0 Å². The second-order valence-corrected chi connectivity index (χ2v) is 9.68. The maximum absolute atomic E-state index is 3.01. The minimum absolute atomic E-state index is 0.0540. The molecule has 0 aliphatic carbocycles. The van der Waals surface area contributed by atoms with E-state index in [0.717, 1.165) is 0 Å². The van der Waals surface area contributed by atoms with Crippen molar-refractivity contribution < 1.29 is 0 Å². The molecule has 1 unspecified atom stereocenters. The van der Waals surface area contributed by atoms with Crippen LogP contribution in [0.15, 0.2) is 0 Å². The Balaban J connectivity index is 4.23. The number of rotatable bonds is 0. The van der Waals surface area contributed by atoms with Crippen LogP contribution < -0.4 is 0 Å². The third kappa shape index (κ3) is 3.31. The van der Waals surface area contributed by atoms with Gasteiger partial charge in [0.05, 0.1) is 0 Å². The molecule has 0 nitrogen and oxygen atoms in total. The lowest BCUT2D eigenvalue weighted by Crippen LogP contribution is -2.21. The molecule has 0 fully saturated rings. The Kier molecular flexibility index (Phi) is 3.34. The Morgan fingerprint density at radius 3 is 1.00 bits per heavy atom. The summed E-state index contributed by atoms with van der Waals surface area (Å²) in [7, 11) is 3.07. The van der Waals surface area contributed by atoms with Crippen molar-refractivity contribution in [3.05, 3.63) is 0 Å². The van der Waals surface area contributed by atoms with Gasteiger partial charge in [-0.15, -0.1) is 8.93 Å². The van der Waals surface area contributed by atoms with Crippen molar-refractivity contribution in [2.45, 2.75) is 51.9 Å². The molecule has 0 radical (unpaired) electrons. The SMILES string of the molecule is CC(C)(C)P(P)C(C)(C)C. The highest BCUT2D eigenvalue weighted by molar-refractivity contribution is 8.15. The largest absolute Gasteiger partial charge is 0.110 e. The van der Waals surface area contributed by atoms with Gasteiger partial charge in [-0.05, 0) is 10.3 Å². The van der Waals surface area contributed by atoms with Gasteiger partial charge < -0.3 is 0 Å². The molecular formula is C8H20P2. The molecule has 0 heterocycles. The van der Waals surface area contributed by atoms with Crippen LogP contribution >= 0.6 is 16.5 Å². The Bertz CT molecular complexity index is 91.4. The highest BCUT2D eigenvalue weighted by atomic mass is 32.0. The first kappa shape index (κ1) is 10.9. The summed E-state index contributed by atoms with van der Waals surface area (Å²) in [5.41, 5.74) is 0. The molecule has 10 heavy (non-hydrogen) atoms. The molecule has 0 saturated heterocycles. The minimum atomic E-state index is 0.0540. The molecule has 0 saturated carbocycles. The van der Waals surface area contributed by atoms with Crippen molar-refractivity contribution in [2.75, 3.05) is 0 Å². The molecule has 62 valence electrons. The quantitative estimate of drug-likeness (QED) is 0.494. The van der Waals surface area contributed by atoms with Gasteiger partial charge >= 0.3 is 0 Å². The Hall–Kier alpha value is 0.860. The highest BCUT2D eigenvalue weighted by Gasteiger charge is 2.30. The molecule has 0 rings (SSSR count). The van der Waals surface area contributed by atoms with Gasteiger partial charge in [-0.25, -0.2) is 0 Å². The van der Waals surface area contributed by atoms with Gasteiger partial charge in [0.15, 0.2) is 0 Å². The second kappa shape index (κ2) is 3.08. The third-order valence-corrected chi connectivity index (χ3v) is 8.98. The molecule has 0 aromatic carbocycles. The number of hydrogen-bond donors (Lipinski definition) is 0.